The zero-order valence-electron chi connectivity index (χ0n) is 10.3. The van der Waals surface area contributed by atoms with Crippen LogP contribution in [0, 0.1) is 12.2 Å². The summed E-state index contributed by atoms with van der Waals surface area (Å²) >= 11 is 0. The van der Waals surface area contributed by atoms with Gasteiger partial charge in [0.15, 0.2) is 0 Å². The second-order valence-electron chi connectivity index (χ2n) is 3.88. The molecule has 2 aliphatic carbocycles. The maximum atomic E-state index is 3.30. The maximum absolute atomic E-state index is 3.30. The molecule has 0 aromatic heterocycles. The summed E-state index contributed by atoms with van der Waals surface area (Å²) in [7, 11) is 0. The fourth-order valence-electron chi connectivity index (χ4n) is 1.50. The van der Waals surface area contributed by atoms with Crippen molar-refractivity contribution in [3.63, 3.8) is 0 Å². The van der Waals surface area contributed by atoms with Crippen LogP contribution in [0.25, 0.3) is 0 Å². The average molecular weight is 248 g/mol. The first-order valence-electron chi connectivity index (χ1n) is 5.83. The van der Waals surface area contributed by atoms with Crippen LogP contribution in [0.4, 0.5) is 0 Å². The van der Waals surface area contributed by atoms with Gasteiger partial charge in [-0.15, -0.1) is 12.8 Å². The Labute approximate surface area is 115 Å². The summed E-state index contributed by atoms with van der Waals surface area (Å²) in [4.78, 5) is 0. The molecule has 2 rings (SSSR count). The summed E-state index contributed by atoms with van der Waals surface area (Å²) in [5, 5.41) is 0. The predicted molar refractivity (Wildman–Crippen MR) is 66.2 cm³/mol. The standard InChI is InChI=1S/C9H13.C6H7.Ti/c1-2-3-6-9-7-4-5-8-9;1-6-4-2-3-5-6;/h4,7H,2-3,5-6H2,1H3;2,4H,3H2,1H3;/q2*-1;+2. The molecule has 0 aliphatic heterocycles. The van der Waals surface area contributed by atoms with E-state index in [0.29, 0.717) is 0 Å². The molecule has 0 aromatic carbocycles. The number of hydrogen-bond acceptors (Lipinski definition) is 0. The first-order valence-corrected chi connectivity index (χ1v) is 5.83. The monoisotopic (exact) mass is 248 g/mol. The summed E-state index contributed by atoms with van der Waals surface area (Å²) in [6.45, 7) is 4.28. The number of unbranched alkanes of at least 4 members (excludes halogenated alkanes) is 1. The van der Waals surface area contributed by atoms with Gasteiger partial charge in [-0.3, -0.25) is 12.2 Å². The first-order chi connectivity index (χ1) is 7.33. The van der Waals surface area contributed by atoms with Crippen LogP contribution in [0.2, 0.25) is 0 Å². The molecule has 0 amide bonds. The summed E-state index contributed by atoms with van der Waals surface area (Å²) in [6, 6.07) is 0. The maximum Gasteiger partial charge on any atom is 2.00 e. The summed E-state index contributed by atoms with van der Waals surface area (Å²) in [6.07, 6.45) is 20.9. The van der Waals surface area contributed by atoms with E-state index in [9.17, 15) is 0 Å². The van der Waals surface area contributed by atoms with Crippen LogP contribution in [-0.2, 0) is 21.7 Å². The summed E-state index contributed by atoms with van der Waals surface area (Å²) in [5.41, 5.74) is 2.69. The SMILES string of the molecule is CC1=[C-]CC=C1.CCCCC1=[C-]CC=C1.[Ti+2]. The van der Waals surface area contributed by atoms with Crippen molar-refractivity contribution in [2.75, 3.05) is 0 Å². The molecule has 0 aromatic rings. The van der Waals surface area contributed by atoms with Gasteiger partial charge in [-0.25, -0.2) is 23.3 Å². The van der Waals surface area contributed by atoms with Crippen molar-refractivity contribution < 1.29 is 21.7 Å². The van der Waals surface area contributed by atoms with Gasteiger partial charge in [-0.1, -0.05) is 33.1 Å². The molecular formula is C15H20Ti. The van der Waals surface area contributed by atoms with E-state index < -0.39 is 0 Å². The minimum atomic E-state index is 0. The van der Waals surface area contributed by atoms with Gasteiger partial charge in [0.1, 0.15) is 0 Å². The van der Waals surface area contributed by atoms with Gasteiger partial charge in [0.25, 0.3) is 0 Å². The molecule has 0 bridgehead atoms. The minimum Gasteiger partial charge on any atom is -0.270 e. The van der Waals surface area contributed by atoms with E-state index in [1.54, 1.807) is 0 Å². The Morgan fingerprint density at radius 1 is 1.12 bits per heavy atom. The third-order valence-electron chi connectivity index (χ3n) is 2.43. The molecule has 16 heavy (non-hydrogen) atoms. The van der Waals surface area contributed by atoms with E-state index in [0.717, 1.165) is 12.8 Å². The zero-order chi connectivity index (χ0) is 10.9. The van der Waals surface area contributed by atoms with Crippen molar-refractivity contribution in [3.05, 3.63) is 47.6 Å². The normalized spacial score (nSPS) is 16.1. The van der Waals surface area contributed by atoms with Gasteiger partial charge < -0.3 is 0 Å². The second kappa shape index (κ2) is 9.87. The van der Waals surface area contributed by atoms with E-state index in [4.69, 9.17) is 0 Å². The Morgan fingerprint density at radius 3 is 2.19 bits per heavy atom. The smallest absolute Gasteiger partial charge is 0.270 e. The van der Waals surface area contributed by atoms with Crippen LogP contribution < -0.4 is 0 Å². The third-order valence-corrected chi connectivity index (χ3v) is 2.43. The molecule has 0 nitrogen and oxygen atoms in total. The zero-order valence-corrected chi connectivity index (χ0v) is 11.9. The van der Waals surface area contributed by atoms with Crippen LogP contribution >= 0.6 is 0 Å². The average Bonchev–Trinajstić information content (AvgIpc) is 2.88. The van der Waals surface area contributed by atoms with Gasteiger partial charge in [0.2, 0.25) is 0 Å². The molecule has 0 heterocycles. The van der Waals surface area contributed by atoms with Gasteiger partial charge in [-0.05, 0) is 0 Å². The Bertz CT molecular complexity index is 290. The molecule has 0 radical (unpaired) electrons. The van der Waals surface area contributed by atoms with Crippen molar-refractivity contribution in [3.8, 4) is 0 Å². The van der Waals surface area contributed by atoms with Crippen molar-refractivity contribution in [1.29, 1.82) is 0 Å². The topological polar surface area (TPSA) is 0 Å². The molecular weight excluding hydrogens is 228 g/mol. The molecule has 84 valence electrons. The number of hydrogen-bond donors (Lipinski definition) is 0. The van der Waals surface area contributed by atoms with Crippen LogP contribution in [0.15, 0.2) is 35.5 Å². The third kappa shape index (κ3) is 7.03. The quantitative estimate of drug-likeness (QED) is 0.507. The largest absolute Gasteiger partial charge is 2.00 e. The molecule has 0 saturated carbocycles. The summed E-state index contributed by atoms with van der Waals surface area (Å²) in [5.74, 6) is 0. The Hall–Kier alpha value is -0.326. The van der Waals surface area contributed by atoms with Crippen LogP contribution in [0.3, 0.4) is 0 Å². The molecule has 2 aliphatic rings. The van der Waals surface area contributed by atoms with Crippen LogP contribution in [0.5, 0.6) is 0 Å². The number of rotatable bonds is 3. The first kappa shape index (κ1) is 15.7. The van der Waals surface area contributed by atoms with Gasteiger partial charge in [0.05, 0.1) is 0 Å². The van der Waals surface area contributed by atoms with Crippen molar-refractivity contribution >= 4 is 0 Å². The van der Waals surface area contributed by atoms with E-state index in [1.165, 1.54) is 30.4 Å². The molecule has 0 fully saturated rings. The minimum absolute atomic E-state index is 0. The fraction of sp³-hybridized carbons (Fsp3) is 0.467. The Balaban J connectivity index is 0.000000283. The van der Waals surface area contributed by atoms with E-state index in [2.05, 4.69) is 50.3 Å². The number of allylic oxidation sites excluding steroid dienone is 8. The van der Waals surface area contributed by atoms with Crippen LogP contribution in [-0.4, -0.2) is 0 Å². The van der Waals surface area contributed by atoms with Gasteiger partial charge in [0, 0.05) is 0 Å². The van der Waals surface area contributed by atoms with Gasteiger partial charge in [-0.2, -0.15) is 12.2 Å². The molecule has 1 heteroatoms. The molecule has 0 unspecified atom stereocenters. The van der Waals surface area contributed by atoms with Crippen LogP contribution in [0.1, 0.15) is 46.0 Å². The Morgan fingerprint density at radius 2 is 1.81 bits per heavy atom. The van der Waals surface area contributed by atoms with Crippen molar-refractivity contribution in [2.45, 2.75) is 46.0 Å². The van der Waals surface area contributed by atoms with Crippen molar-refractivity contribution in [1.82, 2.24) is 0 Å². The second-order valence-corrected chi connectivity index (χ2v) is 3.88. The fourth-order valence-corrected chi connectivity index (χ4v) is 1.50. The Kier molecular flexibility index (Phi) is 9.67. The predicted octanol–water partition coefficient (Wildman–Crippen LogP) is 4.56. The molecule has 0 atom stereocenters. The van der Waals surface area contributed by atoms with Gasteiger partial charge >= 0.3 is 21.7 Å². The van der Waals surface area contributed by atoms with E-state index >= 15 is 0 Å². The molecule has 0 N–H and O–H groups in total. The van der Waals surface area contributed by atoms with E-state index in [1.807, 2.05) is 0 Å². The molecule has 0 spiro atoms. The molecule has 0 saturated heterocycles. The van der Waals surface area contributed by atoms with Crippen molar-refractivity contribution in [2.24, 2.45) is 0 Å². The van der Waals surface area contributed by atoms with E-state index in [-0.39, 0.29) is 21.7 Å². The summed E-state index contributed by atoms with van der Waals surface area (Å²) < 4.78 is 0.